The average molecular weight is 500 g/mol. The SMILES string of the molecule is C=CCc1cc(/C=C2\C(=O)NC(=O)N(c3ccc4c(c3)OCO4)C2=O)ccc1OCc1cccc(F)c1. The van der Waals surface area contributed by atoms with Gasteiger partial charge in [0.05, 0.1) is 5.69 Å². The van der Waals surface area contributed by atoms with Crippen LogP contribution in [0.2, 0.25) is 0 Å². The zero-order valence-electron chi connectivity index (χ0n) is 19.5. The summed E-state index contributed by atoms with van der Waals surface area (Å²) >= 11 is 0. The number of allylic oxidation sites excluding steroid dienone is 1. The van der Waals surface area contributed by atoms with Crippen molar-refractivity contribution in [3.8, 4) is 17.2 Å². The normalized spacial score (nSPS) is 15.6. The summed E-state index contributed by atoms with van der Waals surface area (Å²) in [5, 5.41) is 2.21. The van der Waals surface area contributed by atoms with Gasteiger partial charge < -0.3 is 14.2 Å². The van der Waals surface area contributed by atoms with Gasteiger partial charge in [0.15, 0.2) is 11.5 Å². The molecular weight excluding hydrogens is 479 g/mol. The number of amides is 4. The number of halogens is 1. The molecule has 0 atom stereocenters. The number of barbiturate groups is 1. The molecule has 0 aliphatic carbocycles. The number of fused-ring (bicyclic) bond motifs is 1. The predicted molar refractivity (Wildman–Crippen MR) is 133 cm³/mol. The number of hydrogen-bond donors (Lipinski definition) is 1. The minimum absolute atomic E-state index is 0.0392. The average Bonchev–Trinajstić information content (AvgIpc) is 3.34. The van der Waals surface area contributed by atoms with Gasteiger partial charge in [-0.3, -0.25) is 14.9 Å². The smallest absolute Gasteiger partial charge is 0.335 e. The molecule has 4 amide bonds. The number of carbonyl (C=O) groups is 3. The number of imide groups is 2. The van der Waals surface area contributed by atoms with Crippen molar-refractivity contribution in [1.29, 1.82) is 0 Å². The van der Waals surface area contributed by atoms with E-state index >= 15 is 0 Å². The number of rotatable bonds is 7. The largest absolute Gasteiger partial charge is 0.489 e. The van der Waals surface area contributed by atoms with Crippen LogP contribution >= 0.6 is 0 Å². The highest BCUT2D eigenvalue weighted by Crippen LogP contribution is 2.36. The third-order valence-electron chi connectivity index (χ3n) is 5.76. The standard InChI is InChI=1S/C28H21FN2O6/c1-2-4-19-11-17(7-9-23(19)35-15-18-5-3-6-20(29)12-18)13-22-26(32)30-28(34)31(27(22)33)21-8-10-24-25(14-21)37-16-36-24/h2-3,5-14H,1,4,15-16H2,(H,30,32,34)/b22-13+. The Morgan fingerprint density at radius 2 is 1.86 bits per heavy atom. The summed E-state index contributed by atoms with van der Waals surface area (Å²) in [6.07, 6.45) is 3.56. The molecule has 5 rings (SSSR count). The molecule has 3 aromatic carbocycles. The molecule has 186 valence electrons. The molecule has 37 heavy (non-hydrogen) atoms. The number of urea groups is 1. The number of nitrogens with zero attached hydrogens (tertiary/aromatic N) is 1. The Bertz CT molecular complexity index is 1460. The Morgan fingerprint density at radius 1 is 1.03 bits per heavy atom. The molecule has 0 bridgehead atoms. The summed E-state index contributed by atoms with van der Waals surface area (Å²) in [7, 11) is 0. The summed E-state index contributed by atoms with van der Waals surface area (Å²) in [4.78, 5) is 39.2. The van der Waals surface area contributed by atoms with E-state index in [-0.39, 0.29) is 30.5 Å². The van der Waals surface area contributed by atoms with Crippen LogP contribution in [0.25, 0.3) is 6.08 Å². The van der Waals surface area contributed by atoms with Crippen LogP contribution in [0.4, 0.5) is 14.9 Å². The molecule has 0 radical (unpaired) electrons. The highest BCUT2D eigenvalue weighted by Gasteiger charge is 2.37. The van der Waals surface area contributed by atoms with E-state index in [9.17, 15) is 18.8 Å². The third kappa shape index (κ3) is 4.92. The third-order valence-corrected chi connectivity index (χ3v) is 5.76. The first-order valence-corrected chi connectivity index (χ1v) is 11.3. The van der Waals surface area contributed by atoms with Gasteiger partial charge in [-0.1, -0.05) is 24.3 Å². The van der Waals surface area contributed by atoms with Crippen LogP contribution in [-0.4, -0.2) is 24.6 Å². The molecule has 8 nitrogen and oxygen atoms in total. The van der Waals surface area contributed by atoms with Crippen molar-refractivity contribution in [3.05, 3.63) is 101 Å². The van der Waals surface area contributed by atoms with Gasteiger partial charge in [-0.15, -0.1) is 6.58 Å². The molecule has 1 N–H and O–H groups in total. The fourth-order valence-electron chi connectivity index (χ4n) is 4.02. The predicted octanol–water partition coefficient (Wildman–Crippen LogP) is 4.53. The van der Waals surface area contributed by atoms with Crippen molar-refractivity contribution in [2.24, 2.45) is 0 Å². The van der Waals surface area contributed by atoms with E-state index in [1.54, 1.807) is 42.5 Å². The number of carbonyl (C=O) groups excluding carboxylic acids is 3. The van der Waals surface area contributed by atoms with Crippen LogP contribution in [0.1, 0.15) is 16.7 Å². The second-order valence-corrected chi connectivity index (χ2v) is 8.27. The van der Waals surface area contributed by atoms with Crippen LogP contribution in [0.5, 0.6) is 17.2 Å². The second-order valence-electron chi connectivity index (χ2n) is 8.27. The number of hydrogen-bond acceptors (Lipinski definition) is 6. The summed E-state index contributed by atoms with van der Waals surface area (Å²) in [5.41, 5.74) is 2.00. The number of benzene rings is 3. The topological polar surface area (TPSA) is 94.2 Å². The molecule has 0 aromatic heterocycles. The van der Waals surface area contributed by atoms with Crippen LogP contribution in [0.3, 0.4) is 0 Å². The zero-order valence-corrected chi connectivity index (χ0v) is 19.5. The fraction of sp³-hybridized carbons (Fsp3) is 0.107. The Hall–Kier alpha value is -4.92. The van der Waals surface area contributed by atoms with Gasteiger partial charge in [-0.2, -0.15) is 0 Å². The van der Waals surface area contributed by atoms with E-state index in [2.05, 4.69) is 11.9 Å². The first-order valence-electron chi connectivity index (χ1n) is 11.3. The minimum atomic E-state index is -0.862. The number of ether oxygens (including phenoxy) is 3. The Labute approximate surface area is 211 Å². The molecule has 2 heterocycles. The van der Waals surface area contributed by atoms with Gasteiger partial charge in [0.2, 0.25) is 6.79 Å². The van der Waals surface area contributed by atoms with Crippen molar-refractivity contribution < 1.29 is 33.0 Å². The van der Waals surface area contributed by atoms with Gasteiger partial charge in [-0.25, -0.2) is 14.1 Å². The highest BCUT2D eigenvalue weighted by atomic mass is 19.1. The summed E-state index contributed by atoms with van der Waals surface area (Å²) < 4.78 is 30.0. The van der Waals surface area contributed by atoms with Crippen molar-refractivity contribution in [3.63, 3.8) is 0 Å². The molecule has 2 aliphatic heterocycles. The van der Waals surface area contributed by atoms with Gasteiger partial charge in [0.25, 0.3) is 11.8 Å². The summed E-state index contributed by atoms with van der Waals surface area (Å²) in [6.45, 7) is 3.97. The first-order chi connectivity index (χ1) is 17.9. The minimum Gasteiger partial charge on any atom is -0.489 e. The lowest BCUT2D eigenvalue weighted by Gasteiger charge is -2.26. The maximum Gasteiger partial charge on any atom is 0.335 e. The van der Waals surface area contributed by atoms with E-state index in [0.29, 0.717) is 34.8 Å². The van der Waals surface area contributed by atoms with Gasteiger partial charge in [-0.05, 0) is 65.6 Å². The molecule has 2 aliphatic rings. The van der Waals surface area contributed by atoms with Gasteiger partial charge in [0, 0.05) is 6.07 Å². The Kier molecular flexibility index (Phi) is 6.42. The van der Waals surface area contributed by atoms with Crippen molar-refractivity contribution in [2.45, 2.75) is 13.0 Å². The lowest BCUT2D eigenvalue weighted by atomic mass is 10.0. The molecule has 3 aromatic rings. The quantitative estimate of drug-likeness (QED) is 0.291. The molecule has 1 fully saturated rings. The Morgan fingerprint density at radius 3 is 2.68 bits per heavy atom. The van der Waals surface area contributed by atoms with Crippen molar-refractivity contribution in [1.82, 2.24) is 5.32 Å². The van der Waals surface area contributed by atoms with E-state index in [4.69, 9.17) is 14.2 Å². The maximum atomic E-state index is 13.5. The van der Waals surface area contributed by atoms with Gasteiger partial charge >= 0.3 is 6.03 Å². The van der Waals surface area contributed by atoms with Crippen molar-refractivity contribution >= 4 is 29.6 Å². The first kappa shape index (κ1) is 23.8. The van der Waals surface area contributed by atoms with Crippen LogP contribution in [0.15, 0.2) is 78.9 Å². The molecule has 1 saturated heterocycles. The number of anilines is 1. The maximum absolute atomic E-state index is 13.5. The van der Waals surface area contributed by atoms with Crippen LogP contribution < -0.4 is 24.4 Å². The summed E-state index contributed by atoms with van der Waals surface area (Å²) in [5.74, 6) is -0.479. The summed E-state index contributed by atoms with van der Waals surface area (Å²) in [6, 6.07) is 15.0. The van der Waals surface area contributed by atoms with Crippen LogP contribution in [-0.2, 0) is 22.6 Å². The molecule has 9 heteroatoms. The van der Waals surface area contributed by atoms with Crippen LogP contribution in [0, 0.1) is 5.82 Å². The molecule has 0 saturated carbocycles. The second kappa shape index (κ2) is 9.98. The number of nitrogens with one attached hydrogen (secondary N) is 1. The molecule has 0 spiro atoms. The van der Waals surface area contributed by atoms with E-state index in [1.807, 2.05) is 0 Å². The van der Waals surface area contributed by atoms with E-state index in [0.717, 1.165) is 10.5 Å². The zero-order chi connectivity index (χ0) is 25.9. The highest BCUT2D eigenvalue weighted by molar-refractivity contribution is 6.39. The van der Waals surface area contributed by atoms with E-state index < -0.39 is 17.8 Å². The van der Waals surface area contributed by atoms with Crippen molar-refractivity contribution in [2.75, 3.05) is 11.7 Å². The van der Waals surface area contributed by atoms with E-state index in [1.165, 1.54) is 30.3 Å². The fourth-order valence-corrected chi connectivity index (χ4v) is 4.02. The molecule has 0 unspecified atom stereocenters. The lowest BCUT2D eigenvalue weighted by Crippen LogP contribution is -2.54. The monoisotopic (exact) mass is 500 g/mol. The Balaban J connectivity index is 1.42. The van der Waals surface area contributed by atoms with Gasteiger partial charge in [0.1, 0.15) is 23.7 Å². The molecular formula is C28H21FN2O6. The lowest BCUT2D eigenvalue weighted by molar-refractivity contribution is -0.122.